The normalized spacial score (nSPS) is 19.4. The molecule has 1 saturated heterocycles. The maximum absolute atomic E-state index is 12.5. The molecule has 1 aliphatic rings. The first-order valence-corrected chi connectivity index (χ1v) is 8.12. The highest BCUT2D eigenvalue weighted by Gasteiger charge is 2.40. The lowest BCUT2D eigenvalue weighted by Gasteiger charge is -2.25. The Morgan fingerprint density at radius 2 is 1.75 bits per heavy atom. The van der Waals surface area contributed by atoms with Crippen molar-refractivity contribution in [3.05, 3.63) is 35.4 Å². The summed E-state index contributed by atoms with van der Waals surface area (Å²) < 4.78 is 37.4. The molecule has 0 spiro atoms. The average Bonchev–Trinajstić information content (AvgIpc) is 2.78. The van der Waals surface area contributed by atoms with Crippen LogP contribution >= 0.6 is 0 Å². The monoisotopic (exact) mass is 342 g/mol. The summed E-state index contributed by atoms with van der Waals surface area (Å²) in [6.07, 6.45) is -3.91. The van der Waals surface area contributed by atoms with Crippen LogP contribution in [0.15, 0.2) is 24.3 Å². The van der Waals surface area contributed by atoms with Crippen molar-refractivity contribution in [2.45, 2.75) is 51.4 Å². The Morgan fingerprint density at radius 3 is 2.25 bits per heavy atom. The first kappa shape index (κ1) is 18.8. The molecule has 1 heterocycles. The summed E-state index contributed by atoms with van der Waals surface area (Å²) in [6.45, 7) is 5.97. The molecule has 1 amide bonds. The van der Waals surface area contributed by atoms with Crippen molar-refractivity contribution in [2.24, 2.45) is 0 Å². The molecule has 0 aromatic heterocycles. The molecule has 1 aromatic rings. The summed E-state index contributed by atoms with van der Waals surface area (Å²) in [4.78, 5) is 14.9. The Kier molecular flexibility index (Phi) is 5.28. The summed E-state index contributed by atoms with van der Waals surface area (Å²) in [5, 5.41) is 0. The molecular weight excluding hydrogens is 317 g/mol. The van der Waals surface area contributed by atoms with Gasteiger partial charge in [-0.2, -0.15) is 13.2 Å². The van der Waals surface area contributed by atoms with E-state index < -0.39 is 24.7 Å². The lowest BCUT2D eigenvalue weighted by molar-refractivity contribution is -0.159. The van der Waals surface area contributed by atoms with Gasteiger partial charge in [-0.1, -0.05) is 45.0 Å². The van der Waals surface area contributed by atoms with E-state index in [9.17, 15) is 18.0 Å². The summed E-state index contributed by atoms with van der Waals surface area (Å²) in [5.74, 6) is -0.430. The first-order valence-electron chi connectivity index (χ1n) is 8.12. The van der Waals surface area contributed by atoms with Crippen molar-refractivity contribution in [1.29, 1.82) is 0 Å². The Morgan fingerprint density at radius 1 is 1.17 bits per heavy atom. The smallest absolute Gasteiger partial charge is 0.332 e. The van der Waals surface area contributed by atoms with E-state index in [1.807, 2.05) is 17.0 Å². The number of benzene rings is 1. The minimum absolute atomic E-state index is 0.0734. The van der Waals surface area contributed by atoms with E-state index in [0.29, 0.717) is 13.0 Å². The highest BCUT2D eigenvalue weighted by atomic mass is 19.4. The van der Waals surface area contributed by atoms with Crippen LogP contribution in [0.25, 0.3) is 0 Å². The van der Waals surface area contributed by atoms with E-state index in [1.54, 1.807) is 7.05 Å². The number of likely N-dealkylation sites (N-methyl/N-ethyl adjacent to an activating group) is 1. The second-order valence-corrected chi connectivity index (χ2v) is 7.54. The van der Waals surface area contributed by atoms with Gasteiger partial charge in [0.15, 0.2) is 0 Å². The zero-order valence-corrected chi connectivity index (χ0v) is 14.7. The van der Waals surface area contributed by atoms with Gasteiger partial charge in [-0.15, -0.1) is 0 Å². The quantitative estimate of drug-likeness (QED) is 0.835. The standard InChI is InChI=1S/C18H25F3N2O/c1-17(2,3)14-7-5-13(6-8-14)11-22(4)15-9-10-23(16(15)24)12-18(19,20)21/h5-8,15H,9-12H2,1-4H3. The molecule has 1 fully saturated rings. The van der Waals surface area contributed by atoms with E-state index in [-0.39, 0.29) is 12.0 Å². The first-order chi connectivity index (χ1) is 11.0. The highest BCUT2D eigenvalue weighted by Crippen LogP contribution is 2.25. The second-order valence-electron chi connectivity index (χ2n) is 7.54. The van der Waals surface area contributed by atoms with Gasteiger partial charge in [-0.3, -0.25) is 9.69 Å². The number of alkyl halides is 3. The molecule has 6 heteroatoms. The van der Waals surface area contributed by atoms with Gasteiger partial charge in [-0.05, 0) is 30.0 Å². The third-order valence-corrected chi connectivity index (χ3v) is 4.42. The SMILES string of the molecule is CN(Cc1ccc(C(C)(C)C)cc1)C1CCN(CC(F)(F)F)C1=O. The third kappa shape index (κ3) is 4.72. The Balaban J connectivity index is 1.98. The molecule has 1 unspecified atom stereocenters. The molecular formula is C18H25F3N2O. The van der Waals surface area contributed by atoms with E-state index in [4.69, 9.17) is 0 Å². The van der Waals surface area contributed by atoms with Crippen LogP contribution in [-0.2, 0) is 16.8 Å². The van der Waals surface area contributed by atoms with Gasteiger partial charge in [0.1, 0.15) is 6.54 Å². The van der Waals surface area contributed by atoms with Crippen LogP contribution in [0.4, 0.5) is 13.2 Å². The lowest BCUT2D eigenvalue weighted by atomic mass is 9.87. The Labute approximate surface area is 141 Å². The Hall–Kier alpha value is -1.56. The number of carbonyl (C=O) groups is 1. The van der Waals surface area contributed by atoms with Crippen molar-refractivity contribution in [3.8, 4) is 0 Å². The number of rotatable bonds is 4. The third-order valence-electron chi connectivity index (χ3n) is 4.42. The Bertz CT molecular complexity index is 575. The maximum atomic E-state index is 12.5. The molecule has 3 nitrogen and oxygen atoms in total. The molecule has 1 aliphatic heterocycles. The maximum Gasteiger partial charge on any atom is 0.406 e. The predicted octanol–water partition coefficient (Wildman–Crippen LogP) is 3.58. The van der Waals surface area contributed by atoms with Crippen LogP contribution in [-0.4, -0.2) is 48.1 Å². The van der Waals surface area contributed by atoms with Gasteiger partial charge in [0.25, 0.3) is 0 Å². The fourth-order valence-corrected chi connectivity index (χ4v) is 3.01. The van der Waals surface area contributed by atoms with Crippen LogP contribution in [0.2, 0.25) is 0 Å². The van der Waals surface area contributed by atoms with Crippen molar-refractivity contribution < 1.29 is 18.0 Å². The molecule has 2 rings (SSSR count). The van der Waals surface area contributed by atoms with E-state index >= 15 is 0 Å². The molecule has 0 saturated carbocycles. The molecule has 1 atom stereocenters. The second kappa shape index (κ2) is 6.75. The predicted molar refractivity (Wildman–Crippen MR) is 87.6 cm³/mol. The van der Waals surface area contributed by atoms with E-state index in [2.05, 4.69) is 32.9 Å². The van der Waals surface area contributed by atoms with Crippen LogP contribution in [0.5, 0.6) is 0 Å². The number of halogens is 3. The van der Waals surface area contributed by atoms with E-state index in [0.717, 1.165) is 10.5 Å². The molecule has 0 aliphatic carbocycles. The number of hydrogen-bond donors (Lipinski definition) is 0. The van der Waals surface area contributed by atoms with Crippen molar-refractivity contribution in [2.75, 3.05) is 20.1 Å². The molecule has 0 bridgehead atoms. The molecule has 24 heavy (non-hydrogen) atoms. The van der Waals surface area contributed by atoms with Gasteiger partial charge >= 0.3 is 6.18 Å². The van der Waals surface area contributed by atoms with Crippen molar-refractivity contribution in [1.82, 2.24) is 9.80 Å². The fourth-order valence-electron chi connectivity index (χ4n) is 3.01. The van der Waals surface area contributed by atoms with Crippen LogP contribution in [0, 0.1) is 0 Å². The van der Waals surface area contributed by atoms with Crippen LogP contribution < -0.4 is 0 Å². The number of hydrogen-bond acceptors (Lipinski definition) is 2. The van der Waals surface area contributed by atoms with Crippen molar-refractivity contribution in [3.63, 3.8) is 0 Å². The minimum Gasteiger partial charge on any atom is -0.332 e. The van der Waals surface area contributed by atoms with Crippen molar-refractivity contribution >= 4 is 5.91 Å². The average molecular weight is 342 g/mol. The topological polar surface area (TPSA) is 23.6 Å². The number of amides is 1. The zero-order valence-electron chi connectivity index (χ0n) is 14.7. The summed E-state index contributed by atoms with van der Waals surface area (Å²) in [7, 11) is 1.79. The van der Waals surface area contributed by atoms with Gasteiger partial charge in [0.2, 0.25) is 5.91 Å². The zero-order chi connectivity index (χ0) is 18.1. The summed E-state index contributed by atoms with van der Waals surface area (Å²) >= 11 is 0. The number of carbonyl (C=O) groups excluding carboxylic acids is 1. The fraction of sp³-hybridized carbons (Fsp3) is 0.611. The van der Waals surface area contributed by atoms with E-state index in [1.165, 1.54) is 5.56 Å². The summed E-state index contributed by atoms with van der Waals surface area (Å²) in [6, 6.07) is 7.69. The molecule has 0 radical (unpaired) electrons. The molecule has 0 N–H and O–H groups in total. The largest absolute Gasteiger partial charge is 0.406 e. The van der Waals surface area contributed by atoms with Gasteiger partial charge in [-0.25, -0.2) is 0 Å². The number of likely N-dealkylation sites (tertiary alicyclic amines) is 1. The minimum atomic E-state index is -4.34. The molecule has 1 aromatic carbocycles. The van der Waals surface area contributed by atoms with Crippen LogP contribution in [0.3, 0.4) is 0 Å². The summed E-state index contributed by atoms with van der Waals surface area (Å²) in [5.41, 5.74) is 2.35. The lowest BCUT2D eigenvalue weighted by Crippen LogP contribution is -2.42. The number of nitrogens with zero attached hydrogens (tertiary/aromatic N) is 2. The highest BCUT2D eigenvalue weighted by molar-refractivity contribution is 5.84. The molecule has 134 valence electrons. The van der Waals surface area contributed by atoms with Gasteiger partial charge in [0.05, 0.1) is 6.04 Å². The van der Waals surface area contributed by atoms with Crippen LogP contribution in [0.1, 0.15) is 38.3 Å². The van der Waals surface area contributed by atoms with Gasteiger partial charge in [0, 0.05) is 13.1 Å². The van der Waals surface area contributed by atoms with Gasteiger partial charge < -0.3 is 4.90 Å².